The van der Waals surface area contributed by atoms with E-state index in [4.69, 9.17) is 10.6 Å². The standard InChI is InChI=1S/C12H17N3O/c1-16-11(9-5-3-2-4-6-9)12(15-13)14-10-7-8-10/h2-6,10-11H,7-8,13H2,1H3,(H,14,15). The Kier molecular flexibility index (Phi) is 3.54. The lowest BCUT2D eigenvalue weighted by Crippen LogP contribution is -2.36. The highest BCUT2D eigenvalue weighted by atomic mass is 16.5. The van der Waals surface area contributed by atoms with E-state index in [-0.39, 0.29) is 6.10 Å². The molecule has 1 unspecified atom stereocenters. The van der Waals surface area contributed by atoms with Crippen LogP contribution >= 0.6 is 0 Å². The smallest absolute Gasteiger partial charge is 0.145 e. The highest BCUT2D eigenvalue weighted by Crippen LogP contribution is 2.26. The van der Waals surface area contributed by atoms with Crippen LogP contribution in [0.25, 0.3) is 0 Å². The Morgan fingerprint density at radius 3 is 2.62 bits per heavy atom. The van der Waals surface area contributed by atoms with E-state index >= 15 is 0 Å². The number of nitrogens with one attached hydrogen (secondary N) is 1. The first kappa shape index (κ1) is 11.1. The van der Waals surface area contributed by atoms with Gasteiger partial charge < -0.3 is 10.2 Å². The molecule has 2 rings (SSSR count). The Hall–Kier alpha value is -1.39. The molecule has 4 heteroatoms. The topological polar surface area (TPSA) is 59.6 Å². The van der Waals surface area contributed by atoms with Crippen LogP contribution in [0, 0.1) is 0 Å². The molecule has 0 heterocycles. The Morgan fingerprint density at radius 2 is 2.12 bits per heavy atom. The van der Waals surface area contributed by atoms with Crippen LogP contribution in [0.4, 0.5) is 0 Å². The van der Waals surface area contributed by atoms with E-state index in [0.717, 1.165) is 18.4 Å². The van der Waals surface area contributed by atoms with Crippen LogP contribution in [0.3, 0.4) is 0 Å². The maximum Gasteiger partial charge on any atom is 0.145 e. The average Bonchev–Trinajstić information content (AvgIpc) is 3.14. The normalized spacial score (nSPS) is 18.2. The lowest BCUT2D eigenvalue weighted by atomic mass is 10.1. The molecule has 1 aromatic rings. The number of rotatable bonds is 4. The molecule has 3 N–H and O–H groups in total. The minimum atomic E-state index is -0.202. The van der Waals surface area contributed by atoms with Crippen molar-refractivity contribution in [3.63, 3.8) is 0 Å². The molecule has 0 spiro atoms. The third kappa shape index (κ3) is 2.59. The minimum absolute atomic E-state index is 0.202. The number of benzene rings is 1. The maximum atomic E-state index is 5.50. The van der Waals surface area contributed by atoms with Gasteiger partial charge in [-0.05, 0) is 18.4 Å². The summed E-state index contributed by atoms with van der Waals surface area (Å²) in [5, 5.41) is 0. The summed E-state index contributed by atoms with van der Waals surface area (Å²) in [6.45, 7) is 0. The molecule has 0 aromatic heterocycles. The van der Waals surface area contributed by atoms with E-state index in [1.807, 2.05) is 30.3 Å². The summed E-state index contributed by atoms with van der Waals surface area (Å²) in [6.07, 6.45) is 2.10. The zero-order valence-corrected chi connectivity index (χ0v) is 9.39. The molecule has 1 fully saturated rings. The first-order chi connectivity index (χ1) is 7.85. The van der Waals surface area contributed by atoms with Crippen molar-refractivity contribution in [1.29, 1.82) is 0 Å². The van der Waals surface area contributed by atoms with E-state index in [1.165, 1.54) is 0 Å². The van der Waals surface area contributed by atoms with Gasteiger partial charge in [-0.25, -0.2) is 5.84 Å². The van der Waals surface area contributed by atoms with Crippen LogP contribution in [-0.4, -0.2) is 19.0 Å². The van der Waals surface area contributed by atoms with Gasteiger partial charge in [0.2, 0.25) is 0 Å². The number of hydrogen-bond donors (Lipinski definition) is 2. The summed E-state index contributed by atoms with van der Waals surface area (Å²) in [5.74, 6) is 6.21. The highest BCUT2D eigenvalue weighted by Gasteiger charge is 2.24. The Morgan fingerprint density at radius 1 is 1.44 bits per heavy atom. The summed E-state index contributed by atoms with van der Waals surface area (Å²) in [5.41, 5.74) is 3.71. The molecule has 1 atom stereocenters. The molecule has 0 radical (unpaired) electrons. The van der Waals surface area contributed by atoms with Crippen molar-refractivity contribution in [3.05, 3.63) is 35.9 Å². The second-order valence-electron chi connectivity index (χ2n) is 3.92. The van der Waals surface area contributed by atoms with Gasteiger partial charge in [0.15, 0.2) is 0 Å². The number of nitrogens with zero attached hydrogens (tertiary/aromatic N) is 1. The van der Waals surface area contributed by atoms with E-state index in [1.54, 1.807) is 7.11 Å². The summed E-state index contributed by atoms with van der Waals surface area (Å²) >= 11 is 0. The fraction of sp³-hybridized carbons (Fsp3) is 0.417. The largest absolute Gasteiger partial charge is 0.369 e. The van der Waals surface area contributed by atoms with Crippen LogP contribution in [-0.2, 0) is 4.74 Å². The van der Waals surface area contributed by atoms with Crippen molar-refractivity contribution in [2.24, 2.45) is 10.8 Å². The van der Waals surface area contributed by atoms with Crippen molar-refractivity contribution in [2.75, 3.05) is 7.11 Å². The third-order valence-electron chi connectivity index (χ3n) is 2.60. The summed E-state index contributed by atoms with van der Waals surface area (Å²) in [7, 11) is 1.66. The predicted octanol–water partition coefficient (Wildman–Crippen LogP) is 1.40. The van der Waals surface area contributed by atoms with Crippen LogP contribution < -0.4 is 11.3 Å². The molecule has 16 heavy (non-hydrogen) atoms. The summed E-state index contributed by atoms with van der Waals surface area (Å²) < 4.78 is 5.44. The average molecular weight is 219 g/mol. The molecule has 1 aliphatic carbocycles. The van der Waals surface area contributed by atoms with Gasteiger partial charge in [-0.2, -0.15) is 0 Å². The van der Waals surface area contributed by atoms with Crippen LogP contribution in [0.1, 0.15) is 24.5 Å². The van der Waals surface area contributed by atoms with Gasteiger partial charge in [-0.15, -0.1) is 0 Å². The highest BCUT2D eigenvalue weighted by molar-refractivity contribution is 5.87. The van der Waals surface area contributed by atoms with Crippen LogP contribution in [0.2, 0.25) is 0 Å². The Labute approximate surface area is 95.5 Å². The van der Waals surface area contributed by atoms with E-state index < -0.39 is 0 Å². The summed E-state index contributed by atoms with van der Waals surface area (Å²) in [6, 6.07) is 10.4. The van der Waals surface area contributed by atoms with Crippen molar-refractivity contribution >= 4 is 5.84 Å². The van der Waals surface area contributed by atoms with Gasteiger partial charge in [0.1, 0.15) is 11.9 Å². The van der Waals surface area contributed by atoms with Crippen molar-refractivity contribution in [1.82, 2.24) is 5.43 Å². The molecule has 1 saturated carbocycles. The maximum absolute atomic E-state index is 5.50. The van der Waals surface area contributed by atoms with Crippen molar-refractivity contribution in [2.45, 2.75) is 25.0 Å². The fourth-order valence-corrected chi connectivity index (χ4v) is 1.61. The molecule has 0 bridgehead atoms. The Bertz CT molecular complexity index is 360. The van der Waals surface area contributed by atoms with Gasteiger partial charge in [0, 0.05) is 7.11 Å². The second-order valence-corrected chi connectivity index (χ2v) is 3.92. The van der Waals surface area contributed by atoms with Gasteiger partial charge in [0.25, 0.3) is 0 Å². The SMILES string of the molecule is COC(C(=NC1CC1)NN)c1ccccc1. The predicted molar refractivity (Wildman–Crippen MR) is 64.0 cm³/mol. The van der Waals surface area contributed by atoms with Gasteiger partial charge in [-0.3, -0.25) is 4.99 Å². The molecule has 0 amide bonds. The second kappa shape index (κ2) is 5.09. The van der Waals surface area contributed by atoms with Crippen molar-refractivity contribution < 1.29 is 4.74 Å². The van der Waals surface area contributed by atoms with E-state index in [9.17, 15) is 0 Å². The number of amidine groups is 1. The molecule has 0 saturated heterocycles. The van der Waals surface area contributed by atoms with Crippen LogP contribution in [0.15, 0.2) is 35.3 Å². The van der Waals surface area contributed by atoms with Gasteiger partial charge in [0.05, 0.1) is 6.04 Å². The fourth-order valence-electron chi connectivity index (χ4n) is 1.61. The Balaban J connectivity index is 2.20. The lowest BCUT2D eigenvalue weighted by Gasteiger charge is -2.17. The lowest BCUT2D eigenvalue weighted by molar-refractivity contribution is 0.154. The zero-order chi connectivity index (χ0) is 11.4. The third-order valence-corrected chi connectivity index (χ3v) is 2.60. The number of aliphatic imine (C=N–C) groups is 1. The molecule has 0 aliphatic heterocycles. The first-order valence-electron chi connectivity index (χ1n) is 5.47. The van der Waals surface area contributed by atoms with E-state index in [0.29, 0.717) is 11.9 Å². The molecule has 4 nitrogen and oxygen atoms in total. The monoisotopic (exact) mass is 219 g/mol. The minimum Gasteiger partial charge on any atom is -0.369 e. The van der Waals surface area contributed by atoms with Gasteiger partial charge in [-0.1, -0.05) is 30.3 Å². The zero-order valence-electron chi connectivity index (χ0n) is 9.39. The molecular weight excluding hydrogens is 202 g/mol. The summed E-state index contributed by atoms with van der Waals surface area (Å²) in [4.78, 5) is 4.51. The molecule has 86 valence electrons. The quantitative estimate of drug-likeness (QED) is 0.348. The van der Waals surface area contributed by atoms with Crippen molar-refractivity contribution in [3.8, 4) is 0 Å². The van der Waals surface area contributed by atoms with Gasteiger partial charge >= 0.3 is 0 Å². The number of hydrazine groups is 1. The number of methoxy groups -OCH3 is 1. The number of ether oxygens (including phenoxy) is 1. The number of nitrogens with two attached hydrogens (primary N) is 1. The van der Waals surface area contributed by atoms with Crippen LogP contribution in [0.5, 0.6) is 0 Å². The van der Waals surface area contributed by atoms with E-state index in [2.05, 4.69) is 10.4 Å². The molecular formula is C12H17N3O. The number of hydrogen-bond acceptors (Lipinski definition) is 3. The molecule has 1 aliphatic rings. The molecule has 1 aromatic carbocycles. The first-order valence-corrected chi connectivity index (χ1v) is 5.47.